The van der Waals surface area contributed by atoms with Gasteiger partial charge in [-0.1, -0.05) is 18.2 Å². The molecule has 1 fully saturated rings. The smallest absolute Gasteiger partial charge is 0.396 e. The molecule has 3 aromatic rings. The predicted octanol–water partition coefficient (Wildman–Crippen LogP) is 3.54. The van der Waals surface area contributed by atoms with Crippen LogP contribution in [0.2, 0.25) is 0 Å². The fourth-order valence-electron chi connectivity index (χ4n) is 4.11. The van der Waals surface area contributed by atoms with Crippen molar-refractivity contribution in [3.8, 4) is 5.69 Å². The van der Waals surface area contributed by atoms with Gasteiger partial charge in [-0.05, 0) is 61.7 Å². The van der Waals surface area contributed by atoms with Crippen molar-refractivity contribution in [2.75, 3.05) is 36.9 Å². The van der Waals surface area contributed by atoms with Crippen LogP contribution in [0.1, 0.15) is 24.0 Å². The second-order valence-electron chi connectivity index (χ2n) is 8.53. The molecular weight excluding hydrogens is 461 g/mol. The average molecular weight is 489 g/mol. The van der Waals surface area contributed by atoms with Crippen LogP contribution < -0.4 is 10.6 Å². The van der Waals surface area contributed by atoms with E-state index in [4.69, 9.17) is 0 Å². The highest BCUT2D eigenvalue weighted by molar-refractivity contribution is 5.95. The fraction of sp³-hybridized carbons (Fsp3) is 0.375. The van der Waals surface area contributed by atoms with Crippen molar-refractivity contribution in [1.29, 1.82) is 0 Å². The minimum atomic E-state index is -4.55. The monoisotopic (exact) mass is 488 g/mol. The van der Waals surface area contributed by atoms with E-state index in [0.29, 0.717) is 12.5 Å². The third kappa shape index (κ3) is 6.37. The maximum Gasteiger partial charge on any atom is 0.416 e. The molecule has 0 saturated carbocycles. The average Bonchev–Trinajstić information content (AvgIpc) is 3.38. The van der Waals surface area contributed by atoms with Gasteiger partial charge in [0.25, 0.3) is 0 Å². The zero-order valence-electron chi connectivity index (χ0n) is 19.0. The van der Waals surface area contributed by atoms with Crippen LogP contribution in [0.3, 0.4) is 0 Å². The van der Waals surface area contributed by atoms with Gasteiger partial charge in [-0.15, -0.1) is 0 Å². The largest absolute Gasteiger partial charge is 0.416 e. The number of benzene rings is 2. The standard InChI is InChI=1S/C24H27F3N6O2/c25-24(26,27)19-5-6-22(33-16-28-15-30-33)21(11-19)31-23(35)12-29-20-4-2-1-3-18(20)13-32-9-7-17(14-34)8-10-32/h1-6,11,15-17,29,34H,7-10,12-14H2,(H,31,35). The third-order valence-electron chi connectivity index (χ3n) is 6.08. The van der Waals surface area contributed by atoms with E-state index in [-0.39, 0.29) is 24.5 Å². The number of nitrogens with one attached hydrogen (secondary N) is 2. The van der Waals surface area contributed by atoms with Crippen LogP contribution >= 0.6 is 0 Å². The quantitative estimate of drug-likeness (QED) is 0.449. The molecule has 1 aromatic heterocycles. The summed E-state index contributed by atoms with van der Waals surface area (Å²) in [5.41, 5.74) is 1.19. The number of para-hydroxylation sites is 1. The first kappa shape index (κ1) is 24.7. The van der Waals surface area contributed by atoms with Gasteiger partial charge in [0.2, 0.25) is 5.91 Å². The number of nitrogens with zero attached hydrogens (tertiary/aromatic N) is 4. The van der Waals surface area contributed by atoms with Crippen LogP contribution in [-0.2, 0) is 17.5 Å². The number of hydrogen-bond donors (Lipinski definition) is 3. The molecule has 0 aliphatic carbocycles. The van der Waals surface area contributed by atoms with Crippen molar-refractivity contribution >= 4 is 17.3 Å². The van der Waals surface area contributed by atoms with E-state index in [1.54, 1.807) is 0 Å². The first-order valence-electron chi connectivity index (χ1n) is 11.3. The van der Waals surface area contributed by atoms with Gasteiger partial charge in [-0.25, -0.2) is 9.67 Å². The van der Waals surface area contributed by atoms with Gasteiger partial charge in [0.1, 0.15) is 12.7 Å². The Morgan fingerprint density at radius 2 is 1.89 bits per heavy atom. The lowest BCUT2D eigenvalue weighted by atomic mass is 9.97. The van der Waals surface area contributed by atoms with E-state index in [1.807, 2.05) is 24.3 Å². The number of hydrogen-bond acceptors (Lipinski definition) is 6. The molecular formula is C24H27F3N6O2. The fourth-order valence-corrected chi connectivity index (χ4v) is 4.11. The van der Waals surface area contributed by atoms with E-state index in [9.17, 15) is 23.1 Å². The molecule has 0 bridgehead atoms. The lowest BCUT2D eigenvalue weighted by molar-refractivity contribution is -0.137. The van der Waals surface area contributed by atoms with Crippen molar-refractivity contribution in [2.45, 2.75) is 25.6 Å². The van der Waals surface area contributed by atoms with Crippen molar-refractivity contribution in [1.82, 2.24) is 19.7 Å². The summed E-state index contributed by atoms with van der Waals surface area (Å²) in [4.78, 5) is 18.8. The van der Waals surface area contributed by atoms with E-state index in [2.05, 4.69) is 25.6 Å². The first-order valence-corrected chi connectivity index (χ1v) is 11.3. The van der Waals surface area contributed by atoms with E-state index >= 15 is 0 Å². The second kappa shape index (κ2) is 10.9. The van der Waals surface area contributed by atoms with E-state index in [1.165, 1.54) is 23.4 Å². The number of piperidine rings is 1. The van der Waals surface area contributed by atoms with Gasteiger partial charge in [0.05, 0.1) is 23.5 Å². The molecule has 4 rings (SSSR count). The summed E-state index contributed by atoms with van der Waals surface area (Å²) < 4.78 is 41.0. The third-order valence-corrected chi connectivity index (χ3v) is 6.08. The molecule has 11 heteroatoms. The molecule has 3 N–H and O–H groups in total. The number of alkyl halides is 3. The molecule has 0 radical (unpaired) electrons. The normalized spacial score (nSPS) is 15.2. The summed E-state index contributed by atoms with van der Waals surface area (Å²) in [5.74, 6) is -0.147. The van der Waals surface area contributed by atoms with E-state index in [0.717, 1.165) is 49.3 Å². The highest BCUT2D eigenvalue weighted by atomic mass is 19.4. The van der Waals surface area contributed by atoms with Gasteiger partial charge in [0.15, 0.2) is 0 Å². The number of aliphatic hydroxyl groups excluding tert-OH is 1. The maximum atomic E-state index is 13.3. The van der Waals surface area contributed by atoms with Crippen molar-refractivity contribution in [2.24, 2.45) is 5.92 Å². The van der Waals surface area contributed by atoms with Crippen LogP contribution in [0, 0.1) is 5.92 Å². The van der Waals surface area contributed by atoms with Gasteiger partial charge in [-0.3, -0.25) is 9.69 Å². The molecule has 0 spiro atoms. The van der Waals surface area contributed by atoms with Crippen molar-refractivity contribution in [3.63, 3.8) is 0 Å². The molecule has 0 unspecified atom stereocenters. The summed E-state index contributed by atoms with van der Waals surface area (Å²) in [7, 11) is 0. The van der Waals surface area contributed by atoms with Crippen LogP contribution in [0.25, 0.3) is 5.69 Å². The number of aromatic nitrogens is 3. The molecule has 35 heavy (non-hydrogen) atoms. The molecule has 1 amide bonds. The Hall–Kier alpha value is -3.44. The second-order valence-corrected chi connectivity index (χ2v) is 8.53. The number of aliphatic hydroxyl groups is 1. The Morgan fingerprint density at radius 3 is 2.57 bits per heavy atom. The Bertz CT molecular complexity index is 1130. The first-order chi connectivity index (χ1) is 16.8. The van der Waals surface area contributed by atoms with Gasteiger partial charge < -0.3 is 15.7 Å². The lowest BCUT2D eigenvalue weighted by Gasteiger charge is -2.31. The topological polar surface area (TPSA) is 95.3 Å². The number of carbonyl (C=O) groups excluding carboxylic acids is 1. The molecule has 2 aromatic carbocycles. The summed E-state index contributed by atoms with van der Waals surface area (Å²) in [5, 5.41) is 19.0. The van der Waals surface area contributed by atoms with Crippen LogP contribution in [-0.4, -0.2) is 56.9 Å². The minimum absolute atomic E-state index is 0.0165. The summed E-state index contributed by atoms with van der Waals surface area (Å²) in [6.07, 6.45) is -0.0629. The zero-order chi connectivity index (χ0) is 24.8. The van der Waals surface area contributed by atoms with Crippen LogP contribution in [0.4, 0.5) is 24.5 Å². The Morgan fingerprint density at radius 1 is 1.11 bits per heavy atom. The molecule has 0 atom stereocenters. The number of anilines is 2. The molecule has 2 heterocycles. The maximum absolute atomic E-state index is 13.3. The number of rotatable bonds is 8. The Labute approximate surface area is 200 Å². The number of likely N-dealkylation sites (tertiary alicyclic amines) is 1. The Balaban J connectivity index is 1.43. The highest BCUT2D eigenvalue weighted by Gasteiger charge is 2.31. The highest BCUT2D eigenvalue weighted by Crippen LogP contribution is 2.33. The van der Waals surface area contributed by atoms with Gasteiger partial charge in [-0.2, -0.15) is 18.3 Å². The zero-order valence-corrected chi connectivity index (χ0v) is 19.0. The molecule has 8 nitrogen and oxygen atoms in total. The molecule has 1 aliphatic heterocycles. The van der Waals surface area contributed by atoms with Crippen LogP contribution in [0.5, 0.6) is 0 Å². The summed E-state index contributed by atoms with van der Waals surface area (Å²) in [6, 6.07) is 10.7. The number of carbonyl (C=O) groups is 1. The SMILES string of the molecule is O=C(CNc1ccccc1CN1CCC(CO)CC1)Nc1cc(C(F)(F)F)ccc1-n1cncn1. The Kier molecular flexibility index (Phi) is 7.67. The molecule has 186 valence electrons. The van der Waals surface area contributed by atoms with Crippen LogP contribution in [0.15, 0.2) is 55.1 Å². The van der Waals surface area contributed by atoms with Gasteiger partial charge >= 0.3 is 6.18 Å². The van der Waals surface area contributed by atoms with Crippen molar-refractivity contribution < 1.29 is 23.1 Å². The summed E-state index contributed by atoms with van der Waals surface area (Å²) >= 11 is 0. The van der Waals surface area contributed by atoms with Gasteiger partial charge in [0, 0.05) is 18.8 Å². The van der Waals surface area contributed by atoms with E-state index < -0.39 is 17.6 Å². The number of amides is 1. The van der Waals surface area contributed by atoms with Crippen molar-refractivity contribution in [3.05, 3.63) is 66.2 Å². The predicted molar refractivity (Wildman–Crippen MR) is 125 cm³/mol. The molecule has 1 aliphatic rings. The molecule has 1 saturated heterocycles. The number of halogens is 3. The summed E-state index contributed by atoms with van der Waals surface area (Å²) in [6.45, 7) is 2.57. The lowest BCUT2D eigenvalue weighted by Crippen LogP contribution is -2.34. The minimum Gasteiger partial charge on any atom is -0.396 e.